The Morgan fingerprint density at radius 1 is 1.24 bits per heavy atom. The number of methoxy groups -OCH3 is 1. The van der Waals surface area contributed by atoms with Crippen molar-refractivity contribution in [2.24, 2.45) is 0 Å². The molecule has 0 aromatic heterocycles. The van der Waals surface area contributed by atoms with Crippen LogP contribution >= 0.6 is 23.2 Å². The van der Waals surface area contributed by atoms with Gasteiger partial charge in [-0.3, -0.25) is 4.79 Å². The first kappa shape index (κ1) is 13.8. The summed E-state index contributed by atoms with van der Waals surface area (Å²) in [7, 11) is 1.42. The van der Waals surface area contributed by atoms with Crippen molar-refractivity contribution in [3.63, 3.8) is 0 Å². The Hall–Kier alpha value is -1.26. The van der Waals surface area contributed by atoms with Crippen LogP contribution in [0.15, 0.2) is 12.1 Å². The molecule has 1 aromatic carbocycles. The fraction of sp³-hybridized carbons (Fsp3) is 0.273. The second kappa shape index (κ2) is 5.89. The number of esters is 1. The van der Waals surface area contributed by atoms with E-state index in [0.717, 1.165) is 0 Å². The first-order valence-electron chi connectivity index (χ1n) is 4.75. The van der Waals surface area contributed by atoms with E-state index in [4.69, 9.17) is 27.9 Å². The number of hydrogen-bond acceptors (Lipinski definition) is 4. The fourth-order valence-electron chi connectivity index (χ4n) is 1.17. The first-order chi connectivity index (χ1) is 8.01. The molecule has 0 bridgehead atoms. The summed E-state index contributed by atoms with van der Waals surface area (Å²) in [5, 5.41) is 0.286. The molecule has 0 amide bonds. The Balaban J connectivity index is 3.11. The van der Waals surface area contributed by atoms with Crippen molar-refractivity contribution >= 4 is 35.0 Å². The van der Waals surface area contributed by atoms with Crippen LogP contribution in [0.2, 0.25) is 10.0 Å². The van der Waals surface area contributed by atoms with Gasteiger partial charge in [0.15, 0.2) is 0 Å². The van der Waals surface area contributed by atoms with E-state index in [9.17, 15) is 9.59 Å². The van der Waals surface area contributed by atoms with Gasteiger partial charge in [-0.15, -0.1) is 0 Å². The molecule has 92 valence electrons. The minimum absolute atomic E-state index is 0.00378. The van der Waals surface area contributed by atoms with E-state index in [2.05, 4.69) is 4.74 Å². The maximum atomic E-state index is 11.6. The maximum Gasteiger partial charge on any atom is 0.379 e. The summed E-state index contributed by atoms with van der Waals surface area (Å²) < 4.78 is 9.51. The van der Waals surface area contributed by atoms with Gasteiger partial charge in [-0.05, 0) is 13.0 Å². The number of hydrogen-bond donors (Lipinski definition) is 0. The molecule has 0 unspecified atom stereocenters. The van der Waals surface area contributed by atoms with Gasteiger partial charge >= 0.3 is 5.97 Å². The van der Waals surface area contributed by atoms with Crippen LogP contribution in [-0.2, 0) is 9.53 Å². The summed E-state index contributed by atoms with van der Waals surface area (Å²) in [5.41, 5.74) is -0.00378. The topological polar surface area (TPSA) is 52.6 Å². The van der Waals surface area contributed by atoms with Gasteiger partial charge in [0.1, 0.15) is 5.75 Å². The highest BCUT2D eigenvalue weighted by molar-refractivity contribution is 6.46. The predicted molar refractivity (Wildman–Crippen MR) is 64.0 cm³/mol. The normalized spacial score (nSPS) is 9.88. The number of Topliss-reactive ketones (excluding diaryl/α,β-unsaturated/α-hetero) is 1. The molecule has 0 heterocycles. The van der Waals surface area contributed by atoms with Gasteiger partial charge in [0.05, 0.1) is 23.8 Å². The van der Waals surface area contributed by atoms with E-state index in [0.29, 0.717) is 5.75 Å². The van der Waals surface area contributed by atoms with Crippen LogP contribution in [0, 0.1) is 0 Å². The number of benzene rings is 1. The van der Waals surface area contributed by atoms with E-state index in [1.54, 1.807) is 6.92 Å². The van der Waals surface area contributed by atoms with Crippen LogP contribution in [0.3, 0.4) is 0 Å². The second-order valence-corrected chi connectivity index (χ2v) is 3.83. The standard InChI is InChI=1S/C11H10Cl2O4/c1-3-17-11(15)10(14)6-4-8(13)9(16-2)5-7(6)12/h4-5H,3H2,1-2H3. The molecule has 0 aliphatic heterocycles. The van der Waals surface area contributed by atoms with Crippen LogP contribution in [0.1, 0.15) is 17.3 Å². The van der Waals surface area contributed by atoms with Crippen molar-refractivity contribution in [2.75, 3.05) is 13.7 Å². The summed E-state index contributed by atoms with van der Waals surface area (Å²) in [6, 6.07) is 2.65. The molecule has 6 heteroatoms. The number of carbonyl (C=O) groups is 2. The highest BCUT2D eigenvalue weighted by atomic mass is 35.5. The Morgan fingerprint density at radius 2 is 1.88 bits per heavy atom. The molecule has 1 aromatic rings. The average Bonchev–Trinajstić information content (AvgIpc) is 2.31. The number of carbonyl (C=O) groups excluding carboxylic acids is 2. The summed E-state index contributed by atoms with van der Waals surface area (Å²) in [6.07, 6.45) is 0. The minimum Gasteiger partial charge on any atom is -0.495 e. The van der Waals surface area contributed by atoms with Gasteiger partial charge in [-0.25, -0.2) is 4.79 Å². The SMILES string of the molecule is CCOC(=O)C(=O)c1cc(Cl)c(OC)cc1Cl. The molecule has 0 radical (unpaired) electrons. The zero-order valence-corrected chi connectivity index (χ0v) is 10.8. The third-order valence-electron chi connectivity index (χ3n) is 1.95. The molecule has 4 nitrogen and oxygen atoms in total. The quantitative estimate of drug-likeness (QED) is 0.482. The molecule has 0 atom stereocenters. The molecule has 1 rings (SSSR count). The smallest absolute Gasteiger partial charge is 0.379 e. The van der Waals surface area contributed by atoms with Gasteiger partial charge in [-0.1, -0.05) is 23.2 Å². The third-order valence-corrected chi connectivity index (χ3v) is 2.56. The van der Waals surface area contributed by atoms with E-state index in [-0.39, 0.29) is 22.2 Å². The predicted octanol–water partition coefficient (Wildman–Crippen LogP) is 2.75. The third kappa shape index (κ3) is 3.11. The minimum atomic E-state index is -0.962. The summed E-state index contributed by atoms with van der Waals surface area (Å²) >= 11 is 11.7. The molecule has 0 aliphatic rings. The van der Waals surface area contributed by atoms with Crippen molar-refractivity contribution in [2.45, 2.75) is 6.92 Å². The van der Waals surface area contributed by atoms with Crippen molar-refractivity contribution in [1.82, 2.24) is 0 Å². The van der Waals surface area contributed by atoms with Crippen LogP contribution in [0.25, 0.3) is 0 Å². The van der Waals surface area contributed by atoms with E-state index < -0.39 is 11.8 Å². The number of ketones is 1. The monoisotopic (exact) mass is 276 g/mol. The van der Waals surface area contributed by atoms with Gasteiger partial charge in [0.25, 0.3) is 5.78 Å². The van der Waals surface area contributed by atoms with Crippen LogP contribution in [0.4, 0.5) is 0 Å². The lowest BCUT2D eigenvalue weighted by Gasteiger charge is -2.07. The Kier molecular flexibility index (Phi) is 4.78. The van der Waals surface area contributed by atoms with Gasteiger partial charge in [0.2, 0.25) is 0 Å². The zero-order chi connectivity index (χ0) is 13.0. The summed E-state index contributed by atoms with van der Waals surface area (Å²) in [5.74, 6) is -1.46. The van der Waals surface area contributed by atoms with E-state index >= 15 is 0 Å². The summed E-state index contributed by atoms with van der Waals surface area (Å²) in [4.78, 5) is 22.9. The molecular formula is C11H10Cl2O4. The number of ether oxygens (including phenoxy) is 2. The molecule has 0 aliphatic carbocycles. The zero-order valence-electron chi connectivity index (χ0n) is 9.25. The maximum absolute atomic E-state index is 11.6. The van der Waals surface area contributed by atoms with Crippen LogP contribution < -0.4 is 4.74 Å². The average molecular weight is 277 g/mol. The van der Waals surface area contributed by atoms with Gasteiger partial charge in [0, 0.05) is 11.6 Å². The fourth-order valence-corrected chi connectivity index (χ4v) is 1.65. The molecule has 0 N–H and O–H groups in total. The number of halogens is 2. The first-order valence-corrected chi connectivity index (χ1v) is 5.51. The van der Waals surface area contributed by atoms with Crippen molar-refractivity contribution < 1.29 is 19.1 Å². The molecule has 0 saturated carbocycles. The molecule has 0 fully saturated rings. The molecular weight excluding hydrogens is 267 g/mol. The van der Waals surface area contributed by atoms with Crippen molar-refractivity contribution in [3.8, 4) is 5.75 Å². The Labute approximate surface area is 108 Å². The molecule has 0 saturated heterocycles. The number of rotatable bonds is 4. The van der Waals surface area contributed by atoms with Crippen LogP contribution in [-0.4, -0.2) is 25.5 Å². The highest BCUT2D eigenvalue weighted by Crippen LogP contribution is 2.31. The van der Waals surface area contributed by atoms with E-state index in [1.165, 1.54) is 19.2 Å². The van der Waals surface area contributed by atoms with Gasteiger partial charge in [-0.2, -0.15) is 0 Å². The van der Waals surface area contributed by atoms with E-state index in [1.807, 2.05) is 0 Å². The lowest BCUT2D eigenvalue weighted by molar-refractivity contribution is -0.137. The molecule has 0 spiro atoms. The van der Waals surface area contributed by atoms with Crippen molar-refractivity contribution in [1.29, 1.82) is 0 Å². The van der Waals surface area contributed by atoms with Crippen LogP contribution in [0.5, 0.6) is 5.75 Å². The molecule has 17 heavy (non-hydrogen) atoms. The Morgan fingerprint density at radius 3 is 2.41 bits per heavy atom. The second-order valence-electron chi connectivity index (χ2n) is 3.02. The highest BCUT2D eigenvalue weighted by Gasteiger charge is 2.22. The van der Waals surface area contributed by atoms with Gasteiger partial charge < -0.3 is 9.47 Å². The lowest BCUT2D eigenvalue weighted by atomic mass is 10.1. The largest absolute Gasteiger partial charge is 0.495 e. The Bertz CT molecular complexity index is 457. The van der Waals surface area contributed by atoms with Crippen molar-refractivity contribution in [3.05, 3.63) is 27.7 Å². The summed E-state index contributed by atoms with van der Waals surface area (Å²) in [6.45, 7) is 1.72. The lowest BCUT2D eigenvalue weighted by Crippen LogP contribution is -2.18.